The highest BCUT2D eigenvalue weighted by Crippen LogP contribution is 2.30. The molecule has 1 amide bonds. The monoisotopic (exact) mass is 454 g/mol. The summed E-state index contributed by atoms with van der Waals surface area (Å²) in [5.74, 6) is 0.984. The van der Waals surface area contributed by atoms with Gasteiger partial charge in [-0.05, 0) is 50.6 Å². The summed E-state index contributed by atoms with van der Waals surface area (Å²) in [6.07, 6.45) is -0.0105. The van der Waals surface area contributed by atoms with E-state index >= 15 is 0 Å². The third-order valence-corrected chi connectivity index (χ3v) is 6.18. The summed E-state index contributed by atoms with van der Waals surface area (Å²) < 4.78 is 38.2. The van der Waals surface area contributed by atoms with Crippen molar-refractivity contribution in [3.63, 3.8) is 0 Å². The molecule has 2 rings (SSSR count). The molecule has 0 aliphatic heterocycles. The summed E-state index contributed by atoms with van der Waals surface area (Å²) in [6.45, 7) is 6.60. The third-order valence-electron chi connectivity index (χ3n) is 4.22. The predicted octanol–water partition coefficient (Wildman–Crippen LogP) is 3.68. The van der Waals surface area contributed by atoms with Crippen LogP contribution in [0, 0.1) is 0 Å². The summed E-state index contributed by atoms with van der Waals surface area (Å²) in [6, 6.07) is 11.4. The lowest BCUT2D eigenvalue weighted by molar-refractivity contribution is -0.121. The number of sulfonamides is 1. The normalized spacial score (nSPS) is 12.3. The number of carbonyl (C=O) groups is 1. The molecule has 0 aromatic heterocycles. The Kier molecular flexibility index (Phi) is 8.95. The Bertz CT molecular complexity index is 966. The van der Waals surface area contributed by atoms with Crippen molar-refractivity contribution in [2.24, 2.45) is 0 Å². The van der Waals surface area contributed by atoms with Crippen molar-refractivity contribution in [1.82, 2.24) is 10.0 Å². The molecule has 0 heterocycles. The molecule has 0 bridgehead atoms. The van der Waals surface area contributed by atoms with E-state index in [-0.39, 0.29) is 34.8 Å². The molecule has 0 spiro atoms. The summed E-state index contributed by atoms with van der Waals surface area (Å²) >= 11 is 5.94. The van der Waals surface area contributed by atoms with Crippen LogP contribution in [0.15, 0.2) is 47.4 Å². The first kappa shape index (κ1) is 24.0. The van der Waals surface area contributed by atoms with Gasteiger partial charge in [0.1, 0.15) is 4.90 Å². The zero-order valence-corrected chi connectivity index (χ0v) is 18.8. The molecule has 0 fully saturated rings. The Hall–Kier alpha value is -2.29. The van der Waals surface area contributed by atoms with E-state index in [0.29, 0.717) is 24.7 Å². The molecule has 0 aliphatic rings. The molecular weight excluding hydrogens is 428 g/mol. The lowest BCUT2D eigenvalue weighted by Gasteiger charge is -2.17. The minimum Gasteiger partial charge on any atom is -0.490 e. The van der Waals surface area contributed by atoms with E-state index in [4.69, 9.17) is 21.1 Å². The van der Waals surface area contributed by atoms with Crippen LogP contribution in [0.25, 0.3) is 0 Å². The fraction of sp³-hybridized carbons (Fsp3) is 0.381. The van der Waals surface area contributed by atoms with Crippen LogP contribution in [0.3, 0.4) is 0 Å². The maximum absolute atomic E-state index is 12.3. The van der Waals surface area contributed by atoms with Crippen molar-refractivity contribution in [1.29, 1.82) is 0 Å². The number of hydrogen-bond acceptors (Lipinski definition) is 5. The van der Waals surface area contributed by atoms with Crippen molar-refractivity contribution in [3.8, 4) is 11.5 Å². The van der Waals surface area contributed by atoms with E-state index in [9.17, 15) is 13.2 Å². The second-order valence-corrected chi connectivity index (χ2v) is 8.58. The van der Waals surface area contributed by atoms with Crippen molar-refractivity contribution in [2.75, 3.05) is 19.8 Å². The second-order valence-electron chi connectivity index (χ2n) is 6.44. The van der Waals surface area contributed by atoms with Gasteiger partial charge in [0.2, 0.25) is 15.9 Å². The molecule has 0 radical (unpaired) electrons. The van der Waals surface area contributed by atoms with Gasteiger partial charge in [-0.2, -0.15) is 0 Å². The van der Waals surface area contributed by atoms with Crippen LogP contribution in [0.5, 0.6) is 11.5 Å². The molecule has 0 aliphatic carbocycles. The van der Waals surface area contributed by atoms with E-state index in [1.165, 1.54) is 12.1 Å². The Labute approximate surface area is 182 Å². The smallest absolute Gasteiger partial charge is 0.242 e. The first-order valence-electron chi connectivity index (χ1n) is 9.71. The molecule has 0 saturated heterocycles. The predicted molar refractivity (Wildman–Crippen MR) is 117 cm³/mol. The molecule has 1 atom stereocenters. The first-order chi connectivity index (χ1) is 14.3. The van der Waals surface area contributed by atoms with E-state index in [1.807, 2.05) is 39.0 Å². The van der Waals surface area contributed by atoms with Crippen LogP contribution in [0.4, 0.5) is 0 Å². The van der Waals surface area contributed by atoms with E-state index < -0.39 is 10.0 Å². The van der Waals surface area contributed by atoms with Gasteiger partial charge in [-0.25, -0.2) is 13.1 Å². The van der Waals surface area contributed by atoms with Crippen LogP contribution >= 0.6 is 11.6 Å². The lowest BCUT2D eigenvalue weighted by Crippen LogP contribution is -2.32. The van der Waals surface area contributed by atoms with Gasteiger partial charge in [-0.3, -0.25) is 4.79 Å². The van der Waals surface area contributed by atoms with Crippen molar-refractivity contribution in [3.05, 3.63) is 53.1 Å². The second kappa shape index (κ2) is 11.2. The molecule has 30 heavy (non-hydrogen) atoms. The van der Waals surface area contributed by atoms with E-state index in [0.717, 1.165) is 5.56 Å². The number of carbonyl (C=O) groups excluding carboxylic acids is 1. The average Bonchev–Trinajstić information content (AvgIpc) is 2.69. The molecule has 0 saturated carbocycles. The molecule has 2 aromatic rings. The maximum atomic E-state index is 12.3. The highest BCUT2D eigenvalue weighted by Gasteiger charge is 2.18. The quantitative estimate of drug-likeness (QED) is 0.540. The number of rotatable bonds is 11. The number of halogens is 1. The van der Waals surface area contributed by atoms with Crippen molar-refractivity contribution in [2.45, 2.75) is 38.1 Å². The van der Waals surface area contributed by atoms with Crippen LogP contribution in [0.2, 0.25) is 5.02 Å². The average molecular weight is 455 g/mol. The number of hydrogen-bond donors (Lipinski definition) is 2. The van der Waals surface area contributed by atoms with Gasteiger partial charge in [0.05, 0.1) is 24.3 Å². The summed E-state index contributed by atoms with van der Waals surface area (Å²) in [7, 11) is -3.78. The van der Waals surface area contributed by atoms with Crippen molar-refractivity contribution >= 4 is 27.5 Å². The number of amides is 1. The third kappa shape index (κ3) is 6.62. The standard InChI is InChI=1S/C21H27ClN2O5S/c1-4-28-18-11-10-16(14-19(18)29-5-2)15(3)24-21(25)12-13-23-30(26,27)20-9-7-6-8-17(20)22/h6-11,14-15,23H,4-5,12-13H2,1-3H3,(H,24,25). The van der Waals surface area contributed by atoms with Crippen LogP contribution in [-0.4, -0.2) is 34.1 Å². The molecule has 164 valence electrons. The maximum Gasteiger partial charge on any atom is 0.242 e. The summed E-state index contributed by atoms with van der Waals surface area (Å²) in [4.78, 5) is 12.3. The summed E-state index contributed by atoms with van der Waals surface area (Å²) in [5, 5.41) is 2.99. The number of benzene rings is 2. The molecule has 7 nitrogen and oxygen atoms in total. The lowest BCUT2D eigenvalue weighted by atomic mass is 10.1. The zero-order chi connectivity index (χ0) is 22.1. The Balaban J connectivity index is 1.93. The van der Waals surface area contributed by atoms with E-state index in [1.54, 1.807) is 12.1 Å². The van der Waals surface area contributed by atoms with Gasteiger partial charge in [0.25, 0.3) is 0 Å². The van der Waals surface area contributed by atoms with Gasteiger partial charge in [-0.15, -0.1) is 0 Å². The Morgan fingerprint density at radius 2 is 1.73 bits per heavy atom. The number of nitrogens with one attached hydrogen (secondary N) is 2. The van der Waals surface area contributed by atoms with Gasteiger partial charge >= 0.3 is 0 Å². The number of ether oxygens (including phenoxy) is 2. The van der Waals surface area contributed by atoms with Gasteiger partial charge in [0.15, 0.2) is 11.5 Å². The Morgan fingerprint density at radius 1 is 1.07 bits per heavy atom. The van der Waals surface area contributed by atoms with Crippen LogP contribution in [0.1, 0.15) is 38.8 Å². The van der Waals surface area contributed by atoms with Crippen molar-refractivity contribution < 1.29 is 22.7 Å². The topological polar surface area (TPSA) is 93.7 Å². The van der Waals surface area contributed by atoms with Gasteiger partial charge < -0.3 is 14.8 Å². The van der Waals surface area contributed by atoms with Crippen LogP contribution in [-0.2, 0) is 14.8 Å². The SMILES string of the molecule is CCOc1ccc(C(C)NC(=O)CCNS(=O)(=O)c2ccccc2Cl)cc1OCC. The molecule has 2 N–H and O–H groups in total. The Morgan fingerprint density at radius 3 is 2.40 bits per heavy atom. The largest absolute Gasteiger partial charge is 0.490 e. The van der Waals surface area contributed by atoms with E-state index in [2.05, 4.69) is 10.0 Å². The molecular formula is C21H27ClN2O5S. The molecule has 2 aromatic carbocycles. The molecule has 9 heteroatoms. The van der Waals surface area contributed by atoms with Crippen LogP contribution < -0.4 is 19.5 Å². The minimum atomic E-state index is -3.78. The highest BCUT2D eigenvalue weighted by molar-refractivity contribution is 7.89. The highest BCUT2D eigenvalue weighted by atomic mass is 35.5. The molecule has 1 unspecified atom stereocenters. The van der Waals surface area contributed by atoms with Gasteiger partial charge in [-0.1, -0.05) is 29.8 Å². The summed E-state index contributed by atoms with van der Waals surface area (Å²) in [5.41, 5.74) is 0.854. The van der Waals surface area contributed by atoms with Gasteiger partial charge in [0, 0.05) is 13.0 Å². The zero-order valence-electron chi connectivity index (χ0n) is 17.3. The minimum absolute atomic E-state index is 0.0105. The fourth-order valence-electron chi connectivity index (χ4n) is 2.77. The first-order valence-corrected chi connectivity index (χ1v) is 11.6. The fourth-order valence-corrected chi connectivity index (χ4v) is 4.32.